The van der Waals surface area contributed by atoms with Gasteiger partial charge in [0.2, 0.25) is 5.95 Å². The van der Waals surface area contributed by atoms with Crippen LogP contribution in [0, 0.1) is 5.82 Å². The smallest absolute Gasteiger partial charge is 0.243 e. The third-order valence-electron chi connectivity index (χ3n) is 4.02. The fourth-order valence-corrected chi connectivity index (χ4v) is 3.05. The topological polar surface area (TPSA) is 74.1 Å². The summed E-state index contributed by atoms with van der Waals surface area (Å²) in [5.74, 6) is 1.43. The number of anilines is 1. The molecule has 9 heteroatoms. The lowest BCUT2D eigenvalue weighted by molar-refractivity contribution is 0.265. The van der Waals surface area contributed by atoms with Crippen LogP contribution in [0.1, 0.15) is 25.0 Å². The van der Waals surface area contributed by atoms with Gasteiger partial charge in [-0.15, -0.1) is 0 Å². The summed E-state index contributed by atoms with van der Waals surface area (Å²) in [6.07, 6.45) is 0. The van der Waals surface area contributed by atoms with Gasteiger partial charge in [0.15, 0.2) is 11.5 Å². The summed E-state index contributed by atoms with van der Waals surface area (Å²) in [5.41, 5.74) is 1.44. The van der Waals surface area contributed by atoms with Crippen molar-refractivity contribution in [2.75, 3.05) is 11.9 Å². The Balaban J connectivity index is 1.76. The van der Waals surface area contributed by atoms with Crippen molar-refractivity contribution in [2.24, 2.45) is 0 Å². The third kappa shape index (κ3) is 4.78. The number of hydrogen-bond donors (Lipinski definition) is 1. The van der Waals surface area contributed by atoms with Gasteiger partial charge in [0.05, 0.1) is 6.61 Å². The summed E-state index contributed by atoms with van der Waals surface area (Å²) >= 11 is 3.56. The molecular weight excluding hydrogens is 429 g/mol. The summed E-state index contributed by atoms with van der Waals surface area (Å²) in [7, 11) is 0. The molecule has 0 amide bonds. The predicted molar refractivity (Wildman–Crippen MR) is 107 cm³/mol. The Bertz CT molecular complexity index is 934. The van der Waals surface area contributed by atoms with Gasteiger partial charge in [0.1, 0.15) is 12.4 Å². The molecule has 1 N–H and O–H groups in total. The molecule has 0 aliphatic rings. The highest BCUT2D eigenvalue weighted by Gasteiger charge is 2.13. The number of hydrogen-bond acceptors (Lipinski definition) is 6. The van der Waals surface area contributed by atoms with E-state index < -0.39 is 0 Å². The van der Waals surface area contributed by atoms with E-state index in [2.05, 4.69) is 36.8 Å². The summed E-state index contributed by atoms with van der Waals surface area (Å²) in [6, 6.07) is 10.2. The standard InChI is InChI=1S/C19H21BrFN5O2/c1-3-26-19(23-24-25-26)22-11-14-9-17(27-4-2)18(10-15(14)20)28-12-13-7-5-6-8-16(13)21/h5-10H,3-4,11-12H2,1-2H3,(H,22,23,25). The van der Waals surface area contributed by atoms with Crippen molar-refractivity contribution >= 4 is 21.9 Å². The van der Waals surface area contributed by atoms with Gasteiger partial charge in [-0.05, 0) is 48.0 Å². The first-order valence-electron chi connectivity index (χ1n) is 8.93. The molecule has 0 atom stereocenters. The average molecular weight is 450 g/mol. The van der Waals surface area contributed by atoms with Crippen LogP contribution in [0.5, 0.6) is 11.5 Å². The molecule has 7 nitrogen and oxygen atoms in total. The lowest BCUT2D eigenvalue weighted by atomic mass is 10.2. The zero-order valence-electron chi connectivity index (χ0n) is 15.7. The molecule has 0 saturated carbocycles. The minimum atomic E-state index is -0.297. The third-order valence-corrected chi connectivity index (χ3v) is 4.76. The average Bonchev–Trinajstić information content (AvgIpc) is 3.15. The molecule has 3 rings (SSSR count). The highest BCUT2D eigenvalue weighted by Crippen LogP contribution is 2.35. The van der Waals surface area contributed by atoms with Crippen molar-refractivity contribution in [2.45, 2.75) is 33.5 Å². The van der Waals surface area contributed by atoms with Gasteiger partial charge >= 0.3 is 0 Å². The minimum Gasteiger partial charge on any atom is -0.490 e. The fourth-order valence-electron chi connectivity index (χ4n) is 2.58. The Labute approximate surface area is 171 Å². The molecule has 1 heterocycles. The van der Waals surface area contributed by atoms with Crippen LogP contribution in [0.4, 0.5) is 10.3 Å². The van der Waals surface area contributed by atoms with E-state index in [1.807, 2.05) is 26.0 Å². The summed E-state index contributed by atoms with van der Waals surface area (Å²) < 4.78 is 27.9. The van der Waals surface area contributed by atoms with Crippen molar-refractivity contribution < 1.29 is 13.9 Å². The van der Waals surface area contributed by atoms with Gasteiger partial charge in [-0.3, -0.25) is 0 Å². The van der Waals surface area contributed by atoms with Gasteiger partial charge in [0, 0.05) is 23.1 Å². The van der Waals surface area contributed by atoms with Crippen molar-refractivity contribution in [3.8, 4) is 11.5 Å². The predicted octanol–water partition coefficient (Wildman–Crippen LogP) is 4.18. The summed E-state index contributed by atoms with van der Waals surface area (Å²) in [4.78, 5) is 0. The van der Waals surface area contributed by atoms with Gasteiger partial charge in [-0.25, -0.2) is 9.07 Å². The molecule has 0 aliphatic heterocycles. The van der Waals surface area contributed by atoms with E-state index in [4.69, 9.17) is 9.47 Å². The van der Waals surface area contributed by atoms with Crippen molar-refractivity contribution in [3.05, 3.63) is 57.8 Å². The first kappa shape index (κ1) is 20.1. The lowest BCUT2D eigenvalue weighted by Crippen LogP contribution is -2.09. The number of nitrogens with one attached hydrogen (secondary N) is 1. The fraction of sp³-hybridized carbons (Fsp3) is 0.316. The number of tetrazole rings is 1. The molecule has 0 aliphatic carbocycles. The number of halogens is 2. The number of benzene rings is 2. The highest BCUT2D eigenvalue weighted by atomic mass is 79.9. The number of nitrogens with zero attached hydrogens (tertiary/aromatic N) is 4. The number of ether oxygens (including phenoxy) is 2. The highest BCUT2D eigenvalue weighted by molar-refractivity contribution is 9.10. The van der Waals surface area contributed by atoms with Crippen LogP contribution in [0.15, 0.2) is 40.9 Å². The normalized spacial score (nSPS) is 10.7. The van der Waals surface area contributed by atoms with Crippen LogP contribution in [-0.2, 0) is 19.7 Å². The SMILES string of the molecule is CCOc1cc(CNc2nnnn2CC)c(Br)cc1OCc1ccccc1F. The number of rotatable bonds is 9. The lowest BCUT2D eigenvalue weighted by Gasteiger charge is -2.16. The molecule has 2 aromatic carbocycles. The van der Waals surface area contributed by atoms with Crippen LogP contribution >= 0.6 is 15.9 Å². The molecule has 148 valence electrons. The maximum atomic E-state index is 13.8. The Kier molecular flexibility index (Phi) is 6.80. The van der Waals surface area contributed by atoms with Gasteiger partial charge in [-0.2, -0.15) is 0 Å². The van der Waals surface area contributed by atoms with Crippen molar-refractivity contribution in [1.82, 2.24) is 20.2 Å². The molecule has 0 fully saturated rings. The maximum Gasteiger partial charge on any atom is 0.243 e. The van der Waals surface area contributed by atoms with Crippen molar-refractivity contribution in [1.29, 1.82) is 0 Å². The first-order valence-corrected chi connectivity index (χ1v) is 9.73. The molecular formula is C19H21BrFN5O2. The van der Waals surface area contributed by atoms with E-state index in [0.717, 1.165) is 10.0 Å². The quantitative estimate of drug-likeness (QED) is 0.527. The maximum absolute atomic E-state index is 13.8. The second kappa shape index (κ2) is 9.50. The summed E-state index contributed by atoms with van der Waals surface area (Å²) in [5, 5.41) is 14.7. The number of aromatic nitrogens is 4. The van der Waals surface area contributed by atoms with Gasteiger partial charge < -0.3 is 14.8 Å². The molecule has 0 spiro atoms. The van der Waals surface area contributed by atoms with Gasteiger partial charge in [0.25, 0.3) is 0 Å². The second-order valence-electron chi connectivity index (χ2n) is 5.88. The largest absolute Gasteiger partial charge is 0.490 e. The molecule has 28 heavy (non-hydrogen) atoms. The van der Waals surface area contributed by atoms with E-state index in [1.165, 1.54) is 6.07 Å². The molecule has 0 unspecified atom stereocenters. The molecule has 3 aromatic rings. The Morgan fingerprint density at radius 3 is 2.64 bits per heavy atom. The molecule has 1 aromatic heterocycles. The minimum absolute atomic E-state index is 0.113. The van der Waals surface area contributed by atoms with E-state index in [0.29, 0.717) is 42.7 Å². The molecule has 0 radical (unpaired) electrons. The summed E-state index contributed by atoms with van der Waals surface area (Å²) in [6.45, 7) is 5.63. The molecule has 0 bridgehead atoms. The monoisotopic (exact) mass is 449 g/mol. The number of aryl methyl sites for hydroxylation is 1. The zero-order valence-corrected chi connectivity index (χ0v) is 17.2. The van der Waals surface area contributed by atoms with Crippen LogP contribution in [0.3, 0.4) is 0 Å². The van der Waals surface area contributed by atoms with E-state index >= 15 is 0 Å². The van der Waals surface area contributed by atoms with E-state index in [9.17, 15) is 4.39 Å². The Morgan fingerprint density at radius 2 is 1.89 bits per heavy atom. The Morgan fingerprint density at radius 1 is 1.11 bits per heavy atom. The van der Waals surface area contributed by atoms with Crippen LogP contribution in [0.25, 0.3) is 0 Å². The molecule has 0 saturated heterocycles. The van der Waals surface area contributed by atoms with Crippen LogP contribution < -0.4 is 14.8 Å². The van der Waals surface area contributed by atoms with E-state index in [1.54, 1.807) is 22.9 Å². The van der Waals surface area contributed by atoms with E-state index in [-0.39, 0.29) is 12.4 Å². The van der Waals surface area contributed by atoms with Gasteiger partial charge in [-0.1, -0.05) is 39.2 Å². The Hall–Kier alpha value is -2.68. The zero-order chi connectivity index (χ0) is 19.9. The second-order valence-corrected chi connectivity index (χ2v) is 6.73. The van der Waals surface area contributed by atoms with Crippen LogP contribution in [0.2, 0.25) is 0 Å². The first-order chi connectivity index (χ1) is 13.6. The van der Waals surface area contributed by atoms with Crippen molar-refractivity contribution in [3.63, 3.8) is 0 Å². The van der Waals surface area contributed by atoms with Crippen LogP contribution in [-0.4, -0.2) is 26.8 Å².